The van der Waals surface area contributed by atoms with E-state index in [1.54, 1.807) is 0 Å². The minimum atomic E-state index is -0.103. The van der Waals surface area contributed by atoms with Crippen LogP contribution in [-0.2, 0) is 4.79 Å². The Morgan fingerprint density at radius 3 is 1.87 bits per heavy atom. The van der Waals surface area contributed by atoms with Crippen molar-refractivity contribution in [3.05, 3.63) is 35.9 Å². The van der Waals surface area contributed by atoms with Crippen LogP contribution < -0.4 is 0 Å². The number of ketones is 1. The van der Waals surface area contributed by atoms with E-state index in [1.807, 2.05) is 58.0 Å². The van der Waals surface area contributed by atoms with Crippen molar-refractivity contribution in [2.24, 2.45) is 0 Å². The number of hydrogen-bond donors (Lipinski definition) is 0. The van der Waals surface area contributed by atoms with Gasteiger partial charge in [-0.05, 0) is 18.1 Å². The van der Waals surface area contributed by atoms with Gasteiger partial charge in [-0.15, -0.1) is 0 Å². The molecule has 0 atom stereocenters. The zero-order valence-electron chi connectivity index (χ0n) is 10.3. The number of hydrogen-bond acceptors (Lipinski definition) is 1. The van der Waals surface area contributed by atoms with Crippen LogP contribution in [0.2, 0.25) is 0 Å². The summed E-state index contributed by atoms with van der Waals surface area (Å²) in [6, 6.07) is 9.44. The zero-order valence-corrected chi connectivity index (χ0v) is 10.3. The van der Waals surface area contributed by atoms with Gasteiger partial charge in [0.25, 0.3) is 0 Å². The van der Waals surface area contributed by atoms with Gasteiger partial charge in [0.05, 0.1) is 0 Å². The Balaban J connectivity index is 0. The highest BCUT2D eigenvalue weighted by Crippen LogP contribution is 1.94. The van der Waals surface area contributed by atoms with Crippen LogP contribution >= 0.6 is 0 Å². The van der Waals surface area contributed by atoms with E-state index in [4.69, 9.17) is 0 Å². The van der Waals surface area contributed by atoms with E-state index in [-0.39, 0.29) is 5.78 Å². The Morgan fingerprint density at radius 1 is 1.00 bits per heavy atom. The van der Waals surface area contributed by atoms with E-state index in [2.05, 4.69) is 11.8 Å². The number of rotatable bonds is 0. The molecule has 1 aromatic rings. The minimum Gasteiger partial charge on any atom is -0.285 e. The Bertz CT molecular complexity index is 301. The van der Waals surface area contributed by atoms with Gasteiger partial charge in [-0.25, -0.2) is 0 Å². The van der Waals surface area contributed by atoms with Crippen molar-refractivity contribution in [1.29, 1.82) is 0 Å². The molecule has 0 unspecified atom stereocenters. The maximum Gasteiger partial charge on any atom is 0.202 e. The molecule has 0 fully saturated rings. The number of benzene rings is 1. The summed E-state index contributed by atoms with van der Waals surface area (Å²) in [6.07, 6.45) is 0. The van der Waals surface area contributed by atoms with Gasteiger partial charge >= 0.3 is 0 Å². The molecule has 0 saturated heterocycles. The topological polar surface area (TPSA) is 17.1 Å². The summed E-state index contributed by atoms with van der Waals surface area (Å²) >= 11 is 0. The highest BCUT2D eigenvalue weighted by atomic mass is 16.1. The minimum absolute atomic E-state index is 0.103. The molecule has 15 heavy (non-hydrogen) atoms. The Hall–Kier alpha value is -1.55. The third-order valence-electron chi connectivity index (χ3n) is 1.16. The van der Waals surface area contributed by atoms with Crippen LogP contribution in [-0.4, -0.2) is 5.78 Å². The molecule has 82 valence electrons. The molecule has 0 aliphatic rings. The lowest BCUT2D eigenvalue weighted by Crippen LogP contribution is -1.80. The van der Waals surface area contributed by atoms with Crippen molar-refractivity contribution in [1.82, 2.24) is 0 Å². The number of carbonyl (C=O) groups is 1. The maximum atomic E-state index is 10.4. The molecule has 0 spiro atoms. The molecule has 1 nitrogen and oxygen atoms in total. The van der Waals surface area contributed by atoms with E-state index in [0.717, 1.165) is 5.56 Å². The lowest BCUT2D eigenvalue weighted by Gasteiger charge is -1.84. The molecule has 0 aliphatic carbocycles. The fourth-order valence-corrected chi connectivity index (χ4v) is 0.682. The molecule has 0 saturated carbocycles. The lowest BCUT2D eigenvalue weighted by molar-refractivity contribution is -0.111. The molecule has 0 aliphatic heterocycles. The third kappa shape index (κ3) is 10.4. The number of Topliss-reactive ketones (excluding diaryl/α,β-unsaturated/α-hetero) is 1. The second-order valence-corrected chi connectivity index (χ2v) is 2.17. The average molecular weight is 204 g/mol. The van der Waals surface area contributed by atoms with E-state index < -0.39 is 0 Å². The highest BCUT2D eigenvalue weighted by Gasteiger charge is 1.82. The molecule has 0 heterocycles. The average Bonchev–Trinajstić information content (AvgIpc) is 2.33. The molecule has 0 aromatic heterocycles. The SMILES string of the molecule is CC.CC.CC(=O)C#Cc1ccccc1. The van der Waals surface area contributed by atoms with Gasteiger partial charge in [-0.2, -0.15) is 0 Å². The summed E-state index contributed by atoms with van der Waals surface area (Å²) < 4.78 is 0. The van der Waals surface area contributed by atoms with Crippen LogP contribution in [0.3, 0.4) is 0 Å². The summed E-state index contributed by atoms with van der Waals surface area (Å²) in [4.78, 5) is 10.4. The maximum absolute atomic E-state index is 10.4. The van der Waals surface area contributed by atoms with Gasteiger partial charge < -0.3 is 0 Å². The van der Waals surface area contributed by atoms with Gasteiger partial charge in [0.2, 0.25) is 5.78 Å². The van der Waals surface area contributed by atoms with Gasteiger partial charge in [-0.1, -0.05) is 51.8 Å². The quantitative estimate of drug-likeness (QED) is 0.589. The Morgan fingerprint density at radius 2 is 1.47 bits per heavy atom. The van der Waals surface area contributed by atoms with Crippen molar-refractivity contribution in [2.45, 2.75) is 34.6 Å². The van der Waals surface area contributed by atoms with E-state index in [0.29, 0.717) is 0 Å². The summed E-state index contributed by atoms with van der Waals surface area (Å²) in [5, 5.41) is 0. The second kappa shape index (κ2) is 12.4. The van der Waals surface area contributed by atoms with Crippen LogP contribution in [0.4, 0.5) is 0 Å². The third-order valence-corrected chi connectivity index (χ3v) is 1.16. The summed E-state index contributed by atoms with van der Waals surface area (Å²) in [5.41, 5.74) is 0.878. The fourth-order valence-electron chi connectivity index (χ4n) is 0.682. The van der Waals surface area contributed by atoms with E-state index in [1.165, 1.54) is 6.92 Å². The predicted octanol–water partition coefficient (Wildman–Crippen LogP) is 3.68. The molecular formula is C14H20O. The van der Waals surface area contributed by atoms with Crippen LogP contribution in [0.25, 0.3) is 0 Å². The van der Waals surface area contributed by atoms with Crippen LogP contribution in [0.1, 0.15) is 40.2 Å². The first-order chi connectivity index (χ1) is 7.29. The van der Waals surface area contributed by atoms with Crippen molar-refractivity contribution in [2.75, 3.05) is 0 Å². The van der Waals surface area contributed by atoms with E-state index in [9.17, 15) is 4.79 Å². The van der Waals surface area contributed by atoms with Crippen molar-refractivity contribution in [3.8, 4) is 11.8 Å². The largest absolute Gasteiger partial charge is 0.285 e. The standard InChI is InChI=1S/C10H8O.2C2H6/c1-9(11)7-8-10-5-3-2-4-6-10;2*1-2/h2-6H,1H3;2*1-2H3. The van der Waals surface area contributed by atoms with Gasteiger partial charge in [0.15, 0.2) is 0 Å². The molecule has 1 rings (SSSR count). The van der Waals surface area contributed by atoms with Gasteiger partial charge in [-0.3, -0.25) is 4.79 Å². The monoisotopic (exact) mass is 204 g/mol. The molecule has 0 radical (unpaired) electrons. The first-order valence-corrected chi connectivity index (χ1v) is 5.36. The fraction of sp³-hybridized carbons (Fsp3) is 0.357. The molecule has 1 aromatic carbocycles. The first kappa shape index (κ1) is 15.9. The van der Waals surface area contributed by atoms with Gasteiger partial charge in [0, 0.05) is 12.5 Å². The summed E-state index contributed by atoms with van der Waals surface area (Å²) in [7, 11) is 0. The zero-order chi connectivity index (χ0) is 12.1. The molecule has 0 N–H and O–H groups in total. The van der Waals surface area contributed by atoms with E-state index >= 15 is 0 Å². The molecule has 0 bridgehead atoms. The molecular weight excluding hydrogens is 184 g/mol. The molecule has 1 heteroatoms. The highest BCUT2D eigenvalue weighted by molar-refractivity contribution is 5.93. The van der Waals surface area contributed by atoms with Crippen LogP contribution in [0, 0.1) is 11.8 Å². The van der Waals surface area contributed by atoms with Crippen LogP contribution in [0.15, 0.2) is 30.3 Å². The van der Waals surface area contributed by atoms with Crippen molar-refractivity contribution < 1.29 is 4.79 Å². The Labute approximate surface area is 93.5 Å². The van der Waals surface area contributed by atoms with Crippen LogP contribution in [0.5, 0.6) is 0 Å². The van der Waals surface area contributed by atoms with Gasteiger partial charge in [0.1, 0.15) is 0 Å². The Kier molecular flexibility index (Phi) is 13.2. The van der Waals surface area contributed by atoms with Crippen molar-refractivity contribution >= 4 is 5.78 Å². The first-order valence-electron chi connectivity index (χ1n) is 5.36. The molecule has 0 amide bonds. The summed E-state index contributed by atoms with van der Waals surface area (Å²) in [6.45, 7) is 9.45. The normalized spacial score (nSPS) is 6.73. The second-order valence-electron chi connectivity index (χ2n) is 2.17. The smallest absolute Gasteiger partial charge is 0.202 e. The summed E-state index contributed by atoms with van der Waals surface area (Å²) in [5.74, 6) is 5.11. The lowest BCUT2D eigenvalue weighted by atomic mass is 10.2. The number of carbonyl (C=O) groups excluding carboxylic acids is 1. The van der Waals surface area contributed by atoms with Crippen molar-refractivity contribution in [3.63, 3.8) is 0 Å². The predicted molar refractivity (Wildman–Crippen MR) is 66.7 cm³/mol.